The minimum absolute atomic E-state index is 0.0295. The van der Waals surface area contributed by atoms with E-state index in [2.05, 4.69) is 20.9 Å². The number of carbonyl (C=O) groups excluding carboxylic acids is 3. The molecule has 3 heterocycles. The smallest absolute Gasteiger partial charge is 0.244 e. The fraction of sp³-hybridized carbons (Fsp3) is 0.355. The number of benzene rings is 2. The molecule has 208 valence electrons. The van der Waals surface area contributed by atoms with Crippen LogP contribution in [0.15, 0.2) is 60.8 Å². The first kappa shape index (κ1) is 27.5. The number of nitrogens with two attached hydrogens (primary N) is 1. The van der Waals surface area contributed by atoms with E-state index in [1.165, 1.54) is 0 Å². The molecule has 5 N–H and O–H groups in total. The van der Waals surface area contributed by atoms with Gasteiger partial charge in [-0.05, 0) is 71.9 Å². The number of nitrogens with one attached hydrogen (secondary N) is 3. The van der Waals surface area contributed by atoms with Crippen molar-refractivity contribution < 1.29 is 14.4 Å². The number of anilines is 2. The monoisotopic (exact) mass is 540 g/mol. The van der Waals surface area contributed by atoms with E-state index in [0.717, 1.165) is 40.9 Å². The normalized spacial score (nSPS) is 16.0. The van der Waals surface area contributed by atoms with Crippen molar-refractivity contribution in [2.75, 3.05) is 30.3 Å². The molecule has 0 bridgehead atoms. The summed E-state index contributed by atoms with van der Waals surface area (Å²) in [5.41, 5.74) is 10.7. The van der Waals surface area contributed by atoms with Crippen molar-refractivity contribution in [3.63, 3.8) is 0 Å². The fourth-order valence-corrected chi connectivity index (χ4v) is 5.55. The van der Waals surface area contributed by atoms with Crippen molar-refractivity contribution in [1.82, 2.24) is 15.2 Å². The molecule has 0 unspecified atom stereocenters. The second-order valence-corrected chi connectivity index (χ2v) is 10.9. The Balaban J connectivity index is 1.35. The number of aromatic nitrogens is 1. The highest BCUT2D eigenvalue weighted by atomic mass is 16.2. The van der Waals surface area contributed by atoms with Crippen molar-refractivity contribution in [3.8, 4) is 0 Å². The average Bonchev–Trinajstić information content (AvgIpc) is 2.94. The molecule has 2 aromatic carbocycles. The molecule has 1 fully saturated rings. The summed E-state index contributed by atoms with van der Waals surface area (Å²) in [6.45, 7) is 4.10. The van der Waals surface area contributed by atoms with Gasteiger partial charge in [0.1, 0.15) is 12.4 Å². The summed E-state index contributed by atoms with van der Waals surface area (Å²) in [5.74, 6) is 0.105. The Morgan fingerprint density at radius 1 is 1.00 bits per heavy atom. The van der Waals surface area contributed by atoms with Crippen LogP contribution in [0, 0.1) is 5.41 Å². The molecule has 0 atom stereocenters. The van der Waals surface area contributed by atoms with Crippen molar-refractivity contribution >= 4 is 29.2 Å². The molecule has 1 saturated heterocycles. The summed E-state index contributed by atoms with van der Waals surface area (Å²) in [6, 6.07) is 17.2. The predicted octanol–water partition coefficient (Wildman–Crippen LogP) is 2.98. The maximum Gasteiger partial charge on any atom is 0.244 e. The number of fused-ring (bicyclic) bond motifs is 2. The third-order valence-corrected chi connectivity index (χ3v) is 7.92. The first-order valence-corrected chi connectivity index (χ1v) is 13.8. The molecule has 3 amide bonds. The fourth-order valence-electron chi connectivity index (χ4n) is 5.55. The van der Waals surface area contributed by atoms with E-state index in [0.29, 0.717) is 43.9 Å². The minimum Gasteiger partial charge on any atom is -0.329 e. The van der Waals surface area contributed by atoms with Crippen LogP contribution in [0.4, 0.5) is 11.5 Å². The molecule has 3 aromatic rings. The van der Waals surface area contributed by atoms with Crippen LogP contribution in [-0.2, 0) is 40.3 Å². The number of carbonyl (C=O) groups is 3. The molecule has 0 spiro atoms. The molecule has 9 nitrogen and oxygen atoms in total. The van der Waals surface area contributed by atoms with Crippen LogP contribution < -0.4 is 21.7 Å². The Morgan fingerprint density at radius 2 is 1.77 bits per heavy atom. The van der Waals surface area contributed by atoms with Crippen LogP contribution >= 0.6 is 0 Å². The van der Waals surface area contributed by atoms with Crippen LogP contribution in [0.5, 0.6) is 0 Å². The summed E-state index contributed by atoms with van der Waals surface area (Å²) < 4.78 is 0. The molecular formula is C31H36N6O3. The highest BCUT2D eigenvalue weighted by molar-refractivity contribution is 5.96. The molecular weight excluding hydrogens is 504 g/mol. The number of hydrogen-bond acceptors (Lipinski definition) is 6. The number of nitrogens with zero attached hydrogens (tertiary/aromatic N) is 2. The Labute approximate surface area is 234 Å². The van der Waals surface area contributed by atoms with Crippen LogP contribution in [0.1, 0.15) is 47.6 Å². The number of amides is 3. The zero-order valence-corrected chi connectivity index (χ0v) is 22.8. The van der Waals surface area contributed by atoms with E-state index in [-0.39, 0.29) is 30.7 Å². The lowest BCUT2D eigenvalue weighted by Gasteiger charge is -2.37. The van der Waals surface area contributed by atoms with E-state index in [4.69, 9.17) is 5.73 Å². The molecule has 2 aliphatic heterocycles. The number of hydrogen-bond donors (Lipinski definition) is 4. The van der Waals surface area contributed by atoms with Gasteiger partial charge < -0.3 is 26.6 Å². The number of pyridine rings is 1. The third-order valence-electron chi connectivity index (χ3n) is 7.92. The first-order chi connectivity index (χ1) is 19.3. The van der Waals surface area contributed by atoms with Crippen LogP contribution in [0.25, 0.3) is 0 Å². The lowest BCUT2D eigenvalue weighted by Crippen LogP contribution is -2.49. The predicted molar refractivity (Wildman–Crippen MR) is 154 cm³/mol. The van der Waals surface area contributed by atoms with Gasteiger partial charge in [-0.2, -0.15) is 0 Å². The molecule has 1 aromatic heterocycles. The lowest BCUT2D eigenvalue weighted by molar-refractivity contribution is -0.145. The number of piperidine rings is 1. The van der Waals surface area contributed by atoms with Crippen molar-refractivity contribution in [3.05, 3.63) is 88.6 Å². The Morgan fingerprint density at radius 3 is 2.55 bits per heavy atom. The Hall–Kier alpha value is -4.08. The second-order valence-electron chi connectivity index (χ2n) is 10.9. The van der Waals surface area contributed by atoms with Gasteiger partial charge in [-0.1, -0.05) is 43.3 Å². The van der Waals surface area contributed by atoms with Crippen LogP contribution in [0.2, 0.25) is 0 Å². The van der Waals surface area contributed by atoms with E-state index in [1.54, 1.807) is 11.1 Å². The quantitative estimate of drug-likeness (QED) is 0.365. The highest BCUT2D eigenvalue weighted by Gasteiger charge is 2.38. The van der Waals surface area contributed by atoms with Gasteiger partial charge in [-0.3, -0.25) is 14.4 Å². The van der Waals surface area contributed by atoms with Crippen molar-refractivity contribution in [2.24, 2.45) is 11.1 Å². The second kappa shape index (κ2) is 12.0. The van der Waals surface area contributed by atoms with Crippen LogP contribution in [0.3, 0.4) is 0 Å². The van der Waals surface area contributed by atoms with Gasteiger partial charge in [0, 0.05) is 36.8 Å². The minimum atomic E-state index is -0.537. The van der Waals surface area contributed by atoms with Gasteiger partial charge in [0.2, 0.25) is 17.7 Å². The molecule has 9 heteroatoms. The van der Waals surface area contributed by atoms with E-state index < -0.39 is 5.41 Å². The zero-order chi connectivity index (χ0) is 28.1. The average molecular weight is 541 g/mol. The summed E-state index contributed by atoms with van der Waals surface area (Å²) in [5, 5.41) is 9.16. The van der Waals surface area contributed by atoms with Crippen molar-refractivity contribution in [1.29, 1.82) is 0 Å². The van der Waals surface area contributed by atoms with Gasteiger partial charge in [0.15, 0.2) is 0 Å². The van der Waals surface area contributed by atoms with E-state index in [9.17, 15) is 14.4 Å². The zero-order valence-electron chi connectivity index (χ0n) is 22.8. The Kier molecular flexibility index (Phi) is 8.23. The van der Waals surface area contributed by atoms with Gasteiger partial charge in [-0.25, -0.2) is 4.98 Å². The molecule has 0 aliphatic carbocycles. The SMILES string of the molecule is CC1(C(=O)N(CC(=O)Nc2ccc3c(c2)CC(=O)Nc2ncccc2C3)Cc2ccccc2CN)CCNCC1. The lowest BCUT2D eigenvalue weighted by atomic mass is 9.79. The maximum atomic E-state index is 13.8. The van der Waals surface area contributed by atoms with Gasteiger partial charge in [0.25, 0.3) is 0 Å². The molecule has 0 radical (unpaired) electrons. The highest BCUT2D eigenvalue weighted by Crippen LogP contribution is 2.31. The number of rotatable bonds is 7. The van der Waals surface area contributed by atoms with Gasteiger partial charge in [-0.15, -0.1) is 0 Å². The Bertz CT molecular complexity index is 1420. The topological polar surface area (TPSA) is 129 Å². The molecule has 0 saturated carbocycles. The van der Waals surface area contributed by atoms with Gasteiger partial charge >= 0.3 is 0 Å². The summed E-state index contributed by atoms with van der Waals surface area (Å²) >= 11 is 0. The summed E-state index contributed by atoms with van der Waals surface area (Å²) in [7, 11) is 0. The first-order valence-electron chi connectivity index (χ1n) is 13.8. The molecule has 5 rings (SSSR count). The van der Waals surface area contributed by atoms with E-state index >= 15 is 0 Å². The molecule has 2 aliphatic rings. The molecule has 40 heavy (non-hydrogen) atoms. The van der Waals surface area contributed by atoms with Crippen LogP contribution in [-0.4, -0.2) is 47.2 Å². The summed E-state index contributed by atoms with van der Waals surface area (Å²) in [4.78, 5) is 45.8. The largest absolute Gasteiger partial charge is 0.329 e. The van der Waals surface area contributed by atoms with E-state index in [1.807, 2.05) is 61.5 Å². The third kappa shape index (κ3) is 6.21. The maximum absolute atomic E-state index is 13.8. The summed E-state index contributed by atoms with van der Waals surface area (Å²) in [6.07, 6.45) is 3.90. The van der Waals surface area contributed by atoms with Gasteiger partial charge in [0.05, 0.1) is 6.42 Å². The standard InChI is InChI=1S/C31H36N6O3/c1-31(10-13-33-14-11-31)30(40)37(19-24-6-3-2-5-23(24)18-32)20-28(39)35-26-9-8-21-15-22-7-4-12-34-29(22)36-27(38)17-25(21)16-26/h2-9,12,16,33H,10-11,13-15,17-20,32H2,1H3,(H,35,39)(H,34,36,38). The van der Waals surface area contributed by atoms with Crippen molar-refractivity contribution in [2.45, 2.75) is 45.7 Å².